The van der Waals surface area contributed by atoms with Gasteiger partial charge in [-0.15, -0.1) is 0 Å². The van der Waals surface area contributed by atoms with Gasteiger partial charge in [-0.1, -0.05) is 0 Å². The number of aliphatic carboxylic acids is 1. The average molecular weight is 234 g/mol. The Morgan fingerprint density at radius 3 is 2.53 bits per heavy atom. The van der Waals surface area contributed by atoms with Crippen molar-refractivity contribution in [1.29, 1.82) is 0 Å². The third kappa shape index (κ3) is 3.85. The molecule has 0 saturated heterocycles. The maximum absolute atomic E-state index is 11.0. The van der Waals surface area contributed by atoms with Crippen LogP contribution in [0.1, 0.15) is 6.92 Å². The van der Waals surface area contributed by atoms with Crippen LogP contribution in [0.3, 0.4) is 0 Å². The predicted octanol–water partition coefficient (Wildman–Crippen LogP) is -0.872. The summed E-state index contributed by atoms with van der Waals surface area (Å²) in [6, 6.07) is -0.953. The number of carboxylic acid groups (broad SMARTS) is 1. The first-order valence-electron chi connectivity index (χ1n) is 3.84. The van der Waals surface area contributed by atoms with Gasteiger partial charge in [-0.2, -0.15) is 0 Å². The fourth-order valence-electron chi connectivity index (χ4n) is 0.791. The Hall–Kier alpha value is -1.13. The van der Waals surface area contributed by atoms with E-state index in [9.17, 15) is 14.2 Å². The summed E-state index contributed by atoms with van der Waals surface area (Å²) >= 11 is 0. The molecule has 0 bridgehead atoms. The van der Waals surface area contributed by atoms with Crippen molar-refractivity contribution in [1.82, 2.24) is 5.32 Å². The molecule has 15 heavy (non-hydrogen) atoms. The fourth-order valence-corrected chi connectivity index (χ4v) is 1.10. The van der Waals surface area contributed by atoms with Crippen molar-refractivity contribution >= 4 is 19.9 Å². The Kier molecular flexibility index (Phi) is 5.25. The van der Waals surface area contributed by atoms with Gasteiger partial charge in [0.05, 0.1) is 0 Å². The molecule has 8 heteroatoms. The third-order valence-electron chi connectivity index (χ3n) is 1.56. The Bertz CT molecular complexity index is 365. The van der Waals surface area contributed by atoms with E-state index in [1.807, 2.05) is 5.63 Å². The summed E-state index contributed by atoms with van der Waals surface area (Å²) in [5.74, 6) is -2.18. The number of hydrogen-bond acceptors (Lipinski definition) is 6. The Morgan fingerprint density at radius 1 is 1.67 bits per heavy atom. The third-order valence-corrected chi connectivity index (χ3v) is 2.00. The van der Waals surface area contributed by atoms with Crippen LogP contribution in [0.2, 0.25) is 0 Å². The number of ether oxygens (including phenoxy) is 1. The second-order valence-electron chi connectivity index (χ2n) is 2.71. The fraction of sp³-hybridized carbons (Fsp3) is 0.571. The molecular weight excluding hydrogens is 223 g/mol. The SMILES string of the molecule is COC(=O)C(C)NC(N)(C#P=O)C(=O)O. The van der Waals surface area contributed by atoms with Crippen molar-refractivity contribution in [2.24, 2.45) is 5.73 Å². The molecule has 0 aliphatic heterocycles. The van der Waals surface area contributed by atoms with Gasteiger partial charge in [0.1, 0.15) is 0 Å². The van der Waals surface area contributed by atoms with Gasteiger partial charge in [0, 0.05) is 0 Å². The Balaban J connectivity index is 4.83. The molecule has 0 heterocycles. The predicted molar refractivity (Wildman–Crippen MR) is 50.7 cm³/mol. The number of nitrogens with one attached hydrogen (secondary N) is 1. The summed E-state index contributed by atoms with van der Waals surface area (Å²) in [7, 11) is 0.478. The number of carbonyl (C=O) groups is 2. The van der Waals surface area contributed by atoms with Gasteiger partial charge in [0.15, 0.2) is 0 Å². The van der Waals surface area contributed by atoms with E-state index in [4.69, 9.17) is 10.8 Å². The van der Waals surface area contributed by atoms with Crippen molar-refractivity contribution in [3.8, 4) is 5.63 Å². The summed E-state index contributed by atoms with van der Waals surface area (Å²) in [6.45, 7) is 1.36. The molecule has 0 aliphatic carbocycles. The van der Waals surface area contributed by atoms with E-state index in [0.717, 1.165) is 7.11 Å². The second kappa shape index (κ2) is 5.68. The number of hydrogen-bond donors (Lipinski definition) is 3. The van der Waals surface area contributed by atoms with Crippen LogP contribution in [0.15, 0.2) is 0 Å². The molecule has 0 rings (SSSR count). The van der Waals surface area contributed by atoms with Crippen LogP contribution in [-0.2, 0) is 18.9 Å². The van der Waals surface area contributed by atoms with E-state index in [-0.39, 0.29) is 0 Å². The maximum atomic E-state index is 11.0. The molecule has 4 N–H and O–H groups in total. The van der Waals surface area contributed by atoms with Crippen molar-refractivity contribution in [3.05, 3.63) is 0 Å². The van der Waals surface area contributed by atoms with Gasteiger partial charge < -0.3 is 0 Å². The summed E-state index contributed by atoms with van der Waals surface area (Å²) < 4.78 is 14.6. The van der Waals surface area contributed by atoms with Crippen LogP contribution in [0.25, 0.3) is 0 Å². The Labute approximate surface area is 87.1 Å². The average Bonchev–Trinajstić information content (AvgIpc) is 2.16. The van der Waals surface area contributed by atoms with Crippen LogP contribution < -0.4 is 11.1 Å². The number of nitrogens with two attached hydrogens (primary N) is 1. The van der Waals surface area contributed by atoms with Crippen molar-refractivity contribution in [3.63, 3.8) is 0 Å². The van der Waals surface area contributed by atoms with Crippen LogP contribution in [-0.4, -0.2) is 35.9 Å². The van der Waals surface area contributed by atoms with E-state index >= 15 is 0 Å². The van der Waals surface area contributed by atoms with E-state index in [1.165, 1.54) is 6.92 Å². The van der Waals surface area contributed by atoms with Gasteiger partial charge >= 0.3 is 86.3 Å². The van der Waals surface area contributed by atoms with Crippen LogP contribution in [0.4, 0.5) is 0 Å². The first-order valence-corrected chi connectivity index (χ1v) is 4.66. The van der Waals surface area contributed by atoms with Crippen LogP contribution in [0, 0.1) is 5.63 Å². The monoisotopic (exact) mass is 234 g/mol. The molecule has 0 aliphatic rings. The minimum absolute atomic E-state index is 0.673. The summed E-state index contributed by atoms with van der Waals surface area (Å²) in [6.07, 6.45) is 0. The molecule has 0 fully saturated rings. The normalized spacial score (nSPS) is 15.7. The van der Waals surface area contributed by atoms with Crippen LogP contribution >= 0.6 is 7.92 Å². The van der Waals surface area contributed by atoms with E-state index in [0.29, 0.717) is 0 Å². The first-order chi connectivity index (χ1) is 6.87. The molecule has 0 radical (unpaired) electrons. The van der Waals surface area contributed by atoms with E-state index in [2.05, 4.69) is 10.1 Å². The molecule has 0 amide bonds. The number of carboxylic acids is 1. The van der Waals surface area contributed by atoms with Crippen molar-refractivity contribution < 1.29 is 24.0 Å². The second-order valence-corrected chi connectivity index (χ2v) is 3.11. The van der Waals surface area contributed by atoms with Gasteiger partial charge in [-0.25, -0.2) is 0 Å². The molecule has 84 valence electrons. The molecule has 0 saturated carbocycles. The zero-order valence-corrected chi connectivity index (χ0v) is 9.08. The van der Waals surface area contributed by atoms with Gasteiger partial charge in [0.25, 0.3) is 0 Å². The number of esters is 1. The van der Waals surface area contributed by atoms with E-state index in [1.54, 1.807) is 0 Å². The molecule has 7 nitrogen and oxygen atoms in total. The number of rotatable bonds is 4. The molecule has 0 aromatic heterocycles. The molecule has 0 aromatic rings. The molecule has 2 unspecified atom stereocenters. The summed E-state index contributed by atoms with van der Waals surface area (Å²) in [5.41, 5.74) is 5.10. The summed E-state index contributed by atoms with van der Waals surface area (Å²) in [5, 5.41) is 11.0. The zero-order valence-electron chi connectivity index (χ0n) is 8.18. The standard InChI is InChI=1S/C7H11N2O5P/c1-4(5(10)14-2)9-7(8,3-15-13)6(11)12/h4,9H,8H2,1-2H3,(H,11,12). The molecule has 0 aromatic carbocycles. The van der Waals surface area contributed by atoms with Gasteiger partial charge in [0.2, 0.25) is 0 Å². The quantitative estimate of drug-likeness (QED) is 0.328. The van der Waals surface area contributed by atoms with Crippen molar-refractivity contribution in [2.45, 2.75) is 18.6 Å². The number of methoxy groups -OCH3 is 1. The molecule has 2 atom stereocenters. The van der Waals surface area contributed by atoms with Crippen LogP contribution in [0.5, 0.6) is 0 Å². The summed E-state index contributed by atoms with van der Waals surface area (Å²) in [4.78, 5) is 21.7. The zero-order chi connectivity index (χ0) is 12.1. The molecule has 0 spiro atoms. The van der Waals surface area contributed by atoms with Gasteiger partial charge in [-0.3, -0.25) is 0 Å². The first kappa shape index (κ1) is 13.9. The van der Waals surface area contributed by atoms with E-state index < -0.39 is 31.6 Å². The Morgan fingerprint density at radius 2 is 2.20 bits per heavy atom. The molecular formula is C7H11N2O5P. The topological polar surface area (TPSA) is 119 Å². The van der Waals surface area contributed by atoms with Crippen molar-refractivity contribution in [2.75, 3.05) is 7.11 Å². The minimum atomic E-state index is -2.16. The van der Waals surface area contributed by atoms with Gasteiger partial charge in [-0.05, 0) is 0 Å². The number of carbonyl (C=O) groups excluding carboxylic acids is 1.